The number of sulfone groups is 2. The van der Waals surface area contributed by atoms with Crippen LogP contribution >= 0.6 is 12.0 Å². The van der Waals surface area contributed by atoms with Crippen LogP contribution < -0.4 is 11.1 Å². The molecule has 0 heterocycles. The average molecular weight is 1020 g/mol. The van der Waals surface area contributed by atoms with E-state index in [2.05, 4.69) is 43.5 Å². The van der Waals surface area contributed by atoms with Crippen molar-refractivity contribution in [3.05, 3.63) is 90.5 Å². The van der Waals surface area contributed by atoms with E-state index in [1.165, 1.54) is 36.4 Å². The number of fused-ring (bicyclic) bond motifs is 1. The lowest BCUT2D eigenvalue weighted by Crippen LogP contribution is -2.15. The number of rotatable bonds is 20. The molecule has 0 bridgehead atoms. The van der Waals surface area contributed by atoms with Gasteiger partial charge in [0.05, 0.1) is 73.9 Å². The van der Waals surface area contributed by atoms with Crippen LogP contribution in [0, 0.1) is 0 Å². The van der Waals surface area contributed by atoms with Gasteiger partial charge in [0.2, 0.25) is 0 Å². The number of phenolic OH excluding ortho intramolecular Hbond substituents is 1. The van der Waals surface area contributed by atoms with Crippen molar-refractivity contribution in [3.8, 4) is 5.75 Å². The van der Waals surface area contributed by atoms with Gasteiger partial charge in [0.15, 0.2) is 25.4 Å². The summed E-state index contributed by atoms with van der Waals surface area (Å²) in [6, 6.07) is 16.6. The molecule has 0 aromatic heterocycles. The fourth-order valence-corrected chi connectivity index (χ4v) is 9.46. The minimum Gasteiger partial charge on any atom is -0.505 e. The van der Waals surface area contributed by atoms with Gasteiger partial charge in [-0.05, 0) is 90.3 Å². The summed E-state index contributed by atoms with van der Waals surface area (Å²) in [4.78, 5) is 11.3. The number of carbonyl (C=O) groups is 1. The van der Waals surface area contributed by atoms with Crippen molar-refractivity contribution in [1.29, 1.82) is 0 Å². The van der Waals surface area contributed by atoms with E-state index in [4.69, 9.17) is 20.1 Å². The molecule has 65 heavy (non-hydrogen) atoms. The maximum absolute atomic E-state index is 12.9. The molecule has 32 heteroatoms. The molecule has 0 spiro atoms. The quantitative estimate of drug-likeness (QED) is 0.0133. The first-order valence-corrected chi connectivity index (χ1v) is 25.4. The van der Waals surface area contributed by atoms with Crippen molar-refractivity contribution >= 4 is 113 Å². The van der Waals surface area contributed by atoms with E-state index in [0.717, 1.165) is 48.5 Å². The lowest BCUT2D eigenvalue weighted by Gasteiger charge is -2.14. The Balaban J connectivity index is 1.40. The first kappa shape index (κ1) is 50.4. The van der Waals surface area contributed by atoms with Gasteiger partial charge in [-0.25, -0.2) is 30.5 Å². The molecule has 0 fully saturated rings. The highest BCUT2D eigenvalue weighted by Crippen LogP contribution is 2.49. The Morgan fingerprint density at radius 1 is 0.662 bits per heavy atom. The van der Waals surface area contributed by atoms with Crippen molar-refractivity contribution in [2.45, 2.75) is 19.6 Å². The maximum atomic E-state index is 12.9. The summed E-state index contributed by atoms with van der Waals surface area (Å²) in [5, 5.41) is 41.8. The largest absolute Gasteiger partial charge is 0.505 e. The van der Waals surface area contributed by atoms with Gasteiger partial charge in [-0.2, -0.15) is 35.5 Å². The van der Waals surface area contributed by atoms with Crippen LogP contribution in [-0.2, 0) is 68.3 Å². The summed E-state index contributed by atoms with van der Waals surface area (Å²) in [5.41, 5.74) is 4.94. The Bertz CT molecular complexity index is 3250. The molecule has 0 unspecified atom stereocenters. The van der Waals surface area contributed by atoms with E-state index in [1.54, 1.807) is 0 Å². The summed E-state index contributed by atoms with van der Waals surface area (Å²) < 4.78 is 158. The maximum Gasteiger partial charge on any atom is 0.397 e. The van der Waals surface area contributed by atoms with Crippen molar-refractivity contribution in [1.82, 2.24) is 0 Å². The summed E-state index contributed by atoms with van der Waals surface area (Å²) in [6.07, 6.45) is 0. The zero-order chi connectivity index (χ0) is 48.0. The van der Waals surface area contributed by atoms with Crippen molar-refractivity contribution in [3.63, 3.8) is 0 Å². The number of azo groups is 2. The predicted octanol–water partition coefficient (Wildman–Crippen LogP) is 5.07. The monoisotopic (exact) mass is 1020 g/mol. The number of nitrogen functional groups attached to an aromatic ring is 1. The second-order valence-electron chi connectivity index (χ2n) is 12.6. The Labute approximate surface area is 372 Å². The van der Waals surface area contributed by atoms with Gasteiger partial charge in [-0.1, -0.05) is 5.04 Å². The van der Waals surface area contributed by atoms with E-state index in [9.17, 15) is 56.5 Å². The van der Waals surface area contributed by atoms with Gasteiger partial charge >= 0.3 is 20.8 Å². The SMILES string of the molecule is Nc1c(/N=N/c2ccc(S(=O)(=O)CCOS(=O)(=O)O)cc2)c(S(=O)(=O)O)cc2cc(SOOO)c(/N=N/c3ccc(C(=O)Nc4ccc(S(=O)(=O)CCOS(=O)(=O)O)cc4)cc3)c(O)c12. The number of benzene rings is 5. The van der Waals surface area contributed by atoms with Gasteiger partial charge in [0.25, 0.3) is 16.0 Å². The number of hydrogen-bond donors (Lipinski definition) is 7. The zero-order valence-electron chi connectivity index (χ0n) is 32.1. The van der Waals surface area contributed by atoms with E-state index in [-0.39, 0.29) is 60.1 Å². The summed E-state index contributed by atoms with van der Waals surface area (Å²) >= 11 is 0.272. The molecule has 5 aromatic rings. The number of aromatic hydroxyl groups is 1. The first-order chi connectivity index (χ1) is 30.3. The summed E-state index contributed by atoms with van der Waals surface area (Å²) in [5.74, 6) is -3.00. The van der Waals surface area contributed by atoms with Gasteiger partial charge in [-0.15, -0.1) is 14.6 Å². The molecule has 0 saturated heterocycles. The molecule has 348 valence electrons. The topological polar surface area (TPSA) is 413 Å². The number of nitrogens with two attached hydrogens (primary N) is 1. The number of hydrogen-bond acceptors (Lipinski definition) is 23. The molecule has 0 radical (unpaired) electrons. The van der Waals surface area contributed by atoms with Crippen LogP contribution in [0.3, 0.4) is 0 Å². The van der Waals surface area contributed by atoms with E-state index >= 15 is 0 Å². The predicted molar refractivity (Wildman–Crippen MR) is 225 cm³/mol. The van der Waals surface area contributed by atoms with Crippen molar-refractivity contribution in [2.75, 3.05) is 35.8 Å². The van der Waals surface area contributed by atoms with E-state index in [0.29, 0.717) is 0 Å². The lowest BCUT2D eigenvalue weighted by molar-refractivity contribution is -0.432. The molecular weight excluding hydrogens is 993 g/mol. The number of phenols is 1. The first-order valence-electron chi connectivity index (χ1n) is 17.2. The third-order valence-corrected chi connectivity index (χ3v) is 14.0. The lowest BCUT2D eigenvalue weighted by atomic mass is 10.1. The molecule has 0 saturated carbocycles. The van der Waals surface area contributed by atoms with Crippen LogP contribution in [0.1, 0.15) is 10.4 Å². The van der Waals surface area contributed by atoms with Crippen molar-refractivity contribution in [2.24, 2.45) is 20.5 Å². The Morgan fingerprint density at radius 2 is 1.14 bits per heavy atom. The highest BCUT2D eigenvalue weighted by molar-refractivity contribution is 7.94. The van der Waals surface area contributed by atoms with E-state index in [1.807, 2.05) is 0 Å². The van der Waals surface area contributed by atoms with Crippen LogP contribution in [0.15, 0.2) is 125 Å². The number of carbonyl (C=O) groups excluding carboxylic acids is 1. The average Bonchev–Trinajstić information content (AvgIpc) is 3.21. The molecule has 0 atom stereocenters. The zero-order valence-corrected chi connectivity index (χ0v) is 37.0. The fourth-order valence-electron chi connectivity index (χ4n) is 5.32. The molecule has 26 nitrogen and oxygen atoms in total. The second-order valence-corrected chi connectivity index (χ2v) is 21.1. The minimum absolute atomic E-state index is 0.0809. The Hall–Kier alpha value is -5.59. The van der Waals surface area contributed by atoms with Crippen LogP contribution in [0.5, 0.6) is 5.75 Å². The molecule has 8 N–H and O–H groups in total. The Kier molecular flexibility index (Phi) is 15.7. The number of nitrogens with zero attached hydrogens (tertiary/aromatic N) is 4. The highest BCUT2D eigenvalue weighted by Gasteiger charge is 2.26. The number of nitrogens with one attached hydrogen (secondary N) is 1. The second kappa shape index (κ2) is 20.3. The Morgan fingerprint density at radius 3 is 1.62 bits per heavy atom. The van der Waals surface area contributed by atoms with Gasteiger partial charge in [-0.3, -0.25) is 18.5 Å². The van der Waals surface area contributed by atoms with Gasteiger partial charge < -0.3 is 16.2 Å². The van der Waals surface area contributed by atoms with Crippen LogP contribution in [-0.4, -0.2) is 96.7 Å². The number of anilines is 2. The van der Waals surface area contributed by atoms with Crippen LogP contribution in [0.2, 0.25) is 0 Å². The molecule has 0 aliphatic rings. The molecule has 0 aliphatic carbocycles. The third kappa shape index (κ3) is 13.7. The third-order valence-electron chi connectivity index (χ3n) is 8.24. The molecule has 0 aliphatic heterocycles. The fraction of sp³-hybridized carbons (Fsp3) is 0.121. The smallest absolute Gasteiger partial charge is 0.397 e. The molecule has 1 amide bonds. The summed E-state index contributed by atoms with van der Waals surface area (Å²) in [7, 11) is -23.0. The van der Waals surface area contributed by atoms with Crippen molar-refractivity contribution < 1.29 is 88.6 Å². The number of amides is 1. The van der Waals surface area contributed by atoms with Crippen LogP contribution in [0.4, 0.5) is 34.1 Å². The summed E-state index contributed by atoms with van der Waals surface area (Å²) in [6.45, 7) is -1.72. The molecule has 5 aromatic carbocycles. The highest BCUT2D eigenvalue weighted by atomic mass is 32.3. The molecule has 5 rings (SSSR count). The van der Waals surface area contributed by atoms with Gasteiger partial charge in [0, 0.05) is 11.3 Å². The molecular formula is C33H30N6O20S6. The normalized spacial score (nSPS) is 12.9. The van der Waals surface area contributed by atoms with Crippen LogP contribution in [0.25, 0.3) is 10.8 Å². The minimum atomic E-state index is -5.13. The van der Waals surface area contributed by atoms with Gasteiger partial charge in [0.1, 0.15) is 16.3 Å². The standard InChI is InChI=1S/C33H30N6O20S6/c34-29-28-20(18-27(63(47,48)49)31(29)39-37-23-7-11-25(12-8-23)62(45,46)16-14-57-65(53,54)55)17-26(60-59-58-42)30(32(28)40)38-36-22-3-1-19(2-4-22)33(41)35-21-5-9-24(10-6-21)61(43,44)15-13-56-64(50,51)52/h1-12,17-18,40,42H,13-16,34H2,(H,35,41)(H,47,48,49)(H,50,51,52)(H,53,54,55)/b38-36+,39-37+. The van der Waals surface area contributed by atoms with E-state index < -0.39 is 109 Å².